The van der Waals surface area contributed by atoms with Gasteiger partial charge in [-0.15, -0.1) is 0 Å². The van der Waals surface area contributed by atoms with Crippen LogP contribution in [-0.4, -0.2) is 64.2 Å². The molecule has 0 saturated carbocycles. The number of urea groups is 1. The second-order valence-corrected chi connectivity index (χ2v) is 7.60. The summed E-state index contributed by atoms with van der Waals surface area (Å²) in [6.07, 6.45) is 2.50. The zero-order valence-electron chi connectivity index (χ0n) is 15.6. The number of fused-ring (bicyclic) bond motifs is 1. The van der Waals surface area contributed by atoms with E-state index in [1.165, 1.54) is 16.7 Å². The van der Waals surface area contributed by atoms with Gasteiger partial charge in [-0.2, -0.15) is 0 Å². The van der Waals surface area contributed by atoms with Crippen LogP contribution in [0.4, 0.5) is 4.79 Å². The Hall–Kier alpha value is -2.35. The topological polar surface area (TPSA) is 82.1 Å². The van der Waals surface area contributed by atoms with Crippen LogP contribution >= 0.6 is 11.8 Å². The van der Waals surface area contributed by atoms with Gasteiger partial charge in [0.05, 0.1) is 5.75 Å². The van der Waals surface area contributed by atoms with Crippen LogP contribution in [0.1, 0.15) is 36.5 Å². The van der Waals surface area contributed by atoms with Gasteiger partial charge in [-0.05, 0) is 6.42 Å². The molecule has 0 radical (unpaired) electrons. The van der Waals surface area contributed by atoms with Gasteiger partial charge in [0.25, 0.3) is 5.91 Å². The first-order valence-electron chi connectivity index (χ1n) is 9.16. The molecule has 8 heteroatoms. The van der Waals surface area contributed by atoms with Crippen molar-refractivity contribution in [3.05, 3.63) is 35.9 Å². The van der Waals surface area contributed by atoms with Crippen LogP contribution in [0.15, 0.2) is 35.3 Å². The van der Waals surface area contributed by atoms with Crippen LogP contribution < -0.4 is 5.32 Å². The quantitative estimate of drug-likeness (QED) is 0.573. The summed E-state index contributed by atoms with van der Waals surface area (Å²) in [5.41, 5.74) is 0.656. The number of carbonyl (C=O) groups is 3. The number of likely N-dealkylation sites (N-methyl/N-ethyl adjacent to an activating group) is 1. The number of nitrogens with zero attached hydrogens (tertiary/aromatic N) is 3. The van der Waals surface area contributed by atoms with Gasteiger partial charge in [-0.1, -0.05) is 61.9 Å². The van der Waals surface area contributed by atoms with Crippen LogP contribution in [0.5, 0.6) is 0 Å². The molecule has 27 heavy (non-hydrogen) atoms. The third-order valence-corrected chi connectivity index (χ3v) is 5.76. The standard InChI is InChI=1S/C19H24N4O3S/c1-3-4-8-11-23-15-16(22(2)18(26)21-17(15)25)20-19(23)27-12-14(24)13-9-6-5-7-10-13/h5-7,9-10,15-16H,3-4,8,11-12H2,1-2H3,(H,21,25,26). The maximum atomic E-state index is 12.4. The number of carbonyl (C=O) groups excluding carboxylic acids is 3. The molecule has 0 aliphatic carbocycles. The Morgan fingerprint density at radius 3 is 2.67 bits per heavy atom. The van der Waals surface area contributed by atoms with Gasteiger partial charge in [0.15, 0.2) is 23.2 Å². The minimum absolute atomic E-state index is 0.0144. The number of rotatable bonds is 7. The summed E-state index contributed by atoms with van der Waals surface area (Å²) >= 11 is 1.33. The molecule has 1 aromatic rings. The Kier molecular flexibility index (Phi) is 6.15. The van der Waals surface area contributed by atoms with E-state index in [0.717, 1.165) is 19.3 Å². The predicted octanol–water partition coefficient (Wildman–Crippen LogP) is 2.34. The zero-order valence-corrected chi connectivity index (χ0v) is 16.4. The number of hydrogen-bond donors (Lipinski definition) is 1. The summed E-state index contributed by atoms with van der Waals surface area (Å²) < 4.78 is 0. The molecule has 0 bridgehead atoms. The van der Waals surface area contributed by atoms with Crippen molar-refractivity contribution in [2.75, 3.05) is 19.3 Å². The van der Waals surface area contributed by atoms with Crippen molar-refractivity contribution < 1.29 is 14.4 Å². The molecule has 3 amide bonds. The lowest BCUT2D eigenvalue weighted by Crippen LogP contribution is -2.63. The van der Waals surface area contributed by atoms with E-state index >= 15 is 0 Å². The van der Waals surface area contributed by atoms with Crippen molar-refractivity contribution in [2.45, 2.75) is 38.4 Å². The van der Waals surface area contributed by atoms with Crippen LogP contribution in [0.3, 0.4) is 0 Å². The fourth-order valence-corrected chi connectivity index (χ4v) is 4.21. The highest BCUT2D eigenvalue weighted by atomic mass is 32.2. The third-order valence-electron chi connectivity index (χ3n) is 4.75. The van der Waals surface area contributed by atoms with Gasteiger partial charge in [-0.25, -0.2) is 9.79 Å². The van der Waals surface area contributed by atoms with Gasteiger partial charge in [0.1, 0.15) is 0 Å². The lowest BCUT2D eigenvalue weighted by Gasteiger charge is -2.36. The van der Waals surface area contributed by atoms with Crippen molar-refractivity contribution in [3.63, 3.8) is 0 Å². The molecule has 2 heterocycles. The molecular formula is C19H24N4O3S. The number of amidine groups is 1. The molecule has 3 rings (SSSR count). The predicted molar refractivity (Wildman–Crippen MR) is 106 cm³/mol. The van der Waals surface area contributed by atoms with E-state index in [-0.39, 0.29) is 17.4 Å². The summed E-state index contributed by atoms with van der Waals surface area (Å²) in [5, 5.41) is 3.04. The van der Waals surface area contributed by atoms with E-state index in [2.05, 4.69) is 17.2 Å². The molecule has 7 nitrogen and oxygen atoms in total. The zero-order chi connectivity index (χ0) is 19.4. The van der Waals surface area contributed by atoms with E-state index in [4.69, 9.17) is 0 Å². The number of Topliss-reactive ketones (excluding diaryl/α,β-unsaturated/α-hetero) is 1. The highest BCUT2D eigenvalue weighted by molar-refractivity contribution is 8.14. The second kappa shape index (κ2) is 8.56. The molecule has 2 unspecified atom stereocenters. The van der Waals surface area contributed by atoms with E-state index in [9.17, 15) is 14.4 Å². The molecular weight excluding hydrogens is 364 g/mol. The monoisotopic (exact) mass is 388 g/mol. The summed E-state index contributed by atoms with van der Waals surface area (Å²) in [6, 6.07) is 8.15. The number of benzene rings is 1. The highest BCUT2D eigenvalue weighted by Crippen LogP contribution is 2.29. The molecule has 1 fully saturated rings. The smallest absolute Gasteiger partial charge is 0.325 e. The maximum absolute atomic E-state index is 12.4. The first kappa shape index (κ1) is 19.4. The molecule has 1 aromatic carbocycles. The molecule has 0 aromatic heterocycles. The molecule has 1 N–H and O–H groups in total. The average molecular weight is 388 g/mol. The number of amides is 3. The summed E-state index contributed by atoms with van der Waals surface area (Å²) in [4.78, 5) is 44.8. The number of aliphatic imine (C=N–C) groups is 1. The van der Waals surface area contributed by atoms with E-state index < -0.39 is 18.2 Å². The van der Waals surface area contributed by atoms with Crippen molar-refractivity contribution in [2.24, 2.45) is 4.99 Å². The van der Waals surface area contributed by atoms with Gasteiger partial charge < -0.3 is 9.80 Å². The maximum Gasteiger partial charge on any atom is 0.325 e. The Morgan fingerprint density at radius 1 is 1.22 bits per heavy atom. The van der Waals surface area contributed by atoms with Crippen LogP contribution in [-0.2, 0) is 4.79 Å². The summed E-state index contributed by atoms with van der Waals surface area (Å²) in [6.45, 7) is 2.80. The van der Waals surface area contributed by atoms with Crippen molar-refractivity contribution in [1.29, 1.82) is 0 Å². The highest BCUT2D eigenvalue weighted by Gasteiger charge is 2.48. The van der Waals surface area contributed by atoms with Crippen molar-refractivity contribution in [1.82, 2.24) is 15.1 Å². The number of nitrogens with one attached hydrogen (secondary N) is 1. The first-order valence-corrected chi connectivity index (χ1v) is 10.1. The van der Waals surface area contributed by atoms with Crippen LogP contribution in [0.2, 0.25) is 0 Å². The van der Waals surface area contributed by atoms with E-state index in [1.54, 1.807) is 19.2 Å². The minimum atomic E-state index is -0.540. The molecule has 2 aliphatic rings. The summed E-state index contributed by atoms with van der Waals surface area (Å²) in [5.74, 6) is -0.0693. The van der Waals surface area contributed by atoms with Gasteiger partial charge in [0.2, 0.25) is 0 Å². The normalized spacial score (nSPS) is 21.8. The number of thioether (sulfide) groups is 1. The number of unbranched alkanes of at least 4 members (excludes halogenated alkanes) is 2. The number of imide groups is 1. The van der Waals surface area contributed by atoms with Crippen LogP contribution in [0, 0.1) is 0 Å². The third kappa shape index (κ3) is 4.16. The minimum Gasteiger partial charge on any atom is -0.336 e. The van der Waals surface area contributed by atoms with E-state index in [0.29, 0.717) is 17.3 Å². The van der Waals surface area contributed by atoms with Crippen molar-refractivity contribution >= 4 is 34.7 Å². The molecule has 2 aliphatic heterocycles. The molecule has 0 spiro atoms. The summed E-state index contributed by atoms with van der Waals surface area (Å²) in [7, 11) is 1.63. The average Bonchev–Trinajstić information content (AvgIpc) is 3.04. The number of ketones is 1. The molecule has 1 saturated heterocycles. The second-order valence-electron chi connectivity index (χ2n) is 6.65. The Morgan fingerprint density at radius 2 is 1.96 bits per heavy atom. The lowest BCUT2D eigenvalue weighted by atomic mass is 10.1. The van der Waals surface area contributed by atoms with E-state index in [1.807, 2.05) is 23.1 Å². The Labute approximate surface area is 163 Å². The molecule has 144 valence electrons. The first-order chi connectivity index (χ1) is 13.0. The number of hydrogen-bond acceptors (Lipinski definition) is 6. The van der Waals surface area contributed by atoms with Crippen LogP contribution in [0.25, 0.3) is 0 Å². The lowest BCUT2D eigenvalue weighted by molar-refractivity contribution is -0.127. The largest absolute Gasteiger partial charge is 0.336 e. The van der Waals surface area contributed by atoms with Gasteiger partial charge in [-0.3, -0.25) is 14.9 Å². The fourth-order valence-electron chi connectivity index (χ4n) is 3.23. The van der Waals surface area contributed by atoms with Crippen molar-refractivity contribution in [3.8, 4) is 0 Å². The van der Waals surface area contributed by atoms with Gasteiger partial charge >= 0.3 is 6.03 Å². The Balaban J connectivity index is 1.74. The fraction of sp³-hybridized carbons (Fsp3) is 0.474. The SMILES string of the molecule is CCCCCN1C(SCC(=O)c2ccccc2)=NC2C1C(=O)NC(=O)N2C. The Bertz CT molecular complexity index is 753. The van der Waals surface area contributed by atoms with Gasteiger partial charge in [0, 0.05) is 19.2 Å². The molecule has 2 atom stereocenters.